The van der Waals surface area contributed by atoms with E-state index in [1.165, 1.54) is 0 Å². The number of H-pyrrole nitrogens is 1. The van der Waals surface area contributed by atoms with Crippen LogP contribution in [0.2, 0.25) is 0 Å². The van der Waals surface area contributed by atoms with E-state index in [0.717, 1.165) is 28.7 Å². The van der Waals surface area contributed by atoms with Gasteiger partial charge in [0.1, 0.15) is 11.4 Å². The molecule has 8 heteroatoms. The Bertz CT molecular complexity index is 1220. The van der Waals surface area contributed by atoms with Crippen molar-refractivity contribution in [2.45, 2.75) is 19.9 Å². The second kappa shape index (κ2) is 7.22. The number of pyridine rings is 1. The molecule has 152 valence electrons. The summed E-state index contributed by atoms with van der Waals surface area (Å²) in [7, 11) is 0. The minimum absolute atomic E-state index is 0.0723. The number of furan rings is 1. The quantitative estimate of drug-likeness (QED) is 0.405. The van der Waals surface area contributed by atoms with Crippen LogP contribution in [0.3, 0.4) is 0 Å². The van der Waals surface area contributed by atoms with Gasteiger partial charge in [-0.2, -0.15) is 0 Å². The third kappa shape index (κ3) is 2.97. The summed E-state index contributed by atoms with van der Waals surface area (Å²) in [4.78, 5) is 34.9. The molecule has 30 heavy (non-hydrogen) atoms. The highest BCUT2D eigenvalue weighted by molar-refractivity contribution is 6.26. The van der Waals surface area contributed by atoms with Gasteiger partial charge in [-0.15, -0.1) is 0 Å². The van der Waals surface area contributed by atoms with E-state index in [4.69, 9.17) is 13.9 Å². The Kier molecular flexibility index (Phi) is 4.39. The van der Waals surface area contributed by atoms with E-state index in [1.807, 2.05) is 23.1 Å². The van der Waals surface area contributed by atoms with Crippen LogP contribution < -0.4 is 0 Å². The number of allylic oxidation sites excluding steroid dienone is 1. The van der Waals surface area contributed by atoms with Gasteiger partial charge < -0.3 is 23.8 Å². The van der Waals surface area contributed by atoms with Gasteiger partial charge >= 0.3 is 5.97 Å². The molecule has 2 aliphatic heterocycles. The minimum atomic E-state index is -0.688. The van der Waals surface area contributed by atoms with Crippen molar-refractivity contribution in [3.8, 4) is 0 Å². The second-order valence-corrected chi connectivity index (χ2v) is 7.02. The maximum atomic E-state index is 13.1. The lowest BCUT2D eigenvalue weighted by atomic mass is 10.1. The number of ether oxygens (including phenoxy) is 2. The van der Waals surface area contributed by atoms with E-state index in [-0.39, 0.29) is 23.8 Å². The molecule has 0 saturated heterocycles. The number of fused-ring (bicyclic) bond motifs is 2. The fraction of sp³-hybridized carbons (Fsp3) is 0.227. The smallest absolute Gasteiger partial charge is 0.347 e. The van der Waals surface area contributed by atoms with Gasteiger partial charge in [-0.05, 0) is 43.2 Å². The number of aromatic amines is 1. The third-order valence-electron chi connectivity index (χ3n) is 5.23. The number of aromatic nitrogens is 2. The first-order valence-corrected chi connectivity index (χ1v) is 9.73. The molecule has 1 N–H and O–H groups in total. The topological polar surface area (TPSA) is 97.7 Å². The monoisotopic (exact) mass is 405 g/mol. The number of rotatable bonds is 4. The lowest BCUT2D eigenvalue weighted by Crippen LogP contribution is -2.31. The van der Waals surface area contributed by atoms with Crippen LogP contribution in [0.25, 0.3) is 17.1 Å². The SMILES string of the molecule is CCOC(=O)C1=C(N2CCc3ccoc3C2)OC(=Cc2c[nH]c3ncccc23)C1=O. The number of hydrogen-bond donors (Lipinski definition) is 1. The Labute approximate surface area is 171 Å². The lowest BCUT2D eigenvalue weighted by molar-refractivity contribution is -0.139. The average Bonchev–Trinajstić information content (AvgIpc) is 3.46. The highest BCUT2D eigenvalue weighted by Crippen LogP contribution is 2.34. The summed E-state index contributed by atoms with van der Waals surface area (Å²) < 4.78 is 16.6. The van der Waals surface area contributed by atoms with Gasteiger partial charge in [0.2, 0.25) is 11.7 Å². The molecule has 2 aliphatic rings. The van der Waals surface area contributed by atoms with Crippen molar-refractivity contribution in [1.29, 1.82) is 0 Å². The molecule has 5 rings (SSSR count). The Morgan fingerprint density at radius 3 is 3.17 bits per heavy atom. The Balaban J connectivity index is 1.52. The van der Waals surface area contributed by atoms with Crippen LogP contribution in [0.5, 0.6) is 0 Å². The van der Waals surface area contributed by atoms with Gasteiger partial charge in [0.15, 0.2) is 11.3 Å². The molecule has 0 amide bonds. The van der Waals surface area contributed by atoms with E-state index in [9.17, 15) is 9.59 Å². The molecule has 0 fully saturated rings. The first kappa shape index (κ1) is 18.2. The molecular formula is C22H19N3O5. The fourth-order valence-electron chi connectivity index (χ4n) is 3.77. The molecule has 0 radical (unpaired) electrons. The number of carbonyl (C=O) groups excluding carboxylic acids is 2. The summed E-state index contributed by atoms with van der Waals surface area (Å²) in [6.45, 7) is 2.88. The average molecular weight is 405 g/mol. The number of Topliss-reactive ketones (excluding diaryl/α,β-unsaturated/α-hetero) is 1. The Morgan fingerprint density at radius 2 is 2.30 bits per heavy atom. The van der Waals surface area contributed by atoms with Crippen LogP contribution in [-0.2, 0) is 32.0 Å². The van der Waals surface area contributed by atoms with Crippen molar-refractivity contribution in [1.82, 2.24) is 14.9 Å². The van der Waals surface area contributed by atoms with Gasteiger partial charge in [0, 0.05) is 29.9 Å². The van der Waals surface area contributed by atoms with Crippen molar-refractivity contribution in [3.05, 3.63) is 71.0 Å². The first-order chi connectivity index (χ1) is 14.7. The van der Waals surface area contributed by atoms with Gasteiger partial charge in [-0.3, -0.25) is 4.79 Å². The van der Waals surface area contributed by atoms with Gasteiger partial charge in [0.25, 0.3) is 0 Å². The molecule has 0 aliphatic carbocycles. The molecule has 3 aromatic heterocycles. The molecule has 8 nitrogen and oxygen atoms in total. The van der Waals surface area contributed by atoms with E-state index in [2.05, 4.69) is 9.97 Å². The molecule has 0 aromatic carbocycles. The largest absolute Gasteiger partial charge is 0.467 e. The summed E-state index contributed by atoms with van der Waals surface area (Å²) in [5.41, 5.74) is 2.49. The summed E-state index contributed by atoms with van der Waals surface area (Å²) in [5, 5.41) is 0.853. The molecule has 0 bridgehead atoms. The van der Waals surface area contributed by atoms with Crippen molar-refractivity contribution < 1.29 is 23.5 Å². The highest BCUT2D eigenvalue weighted by atomic mass is 16.5. The third-order valence-corrected chi connectivity index (χ3v) is 5.23. The van der Waals surface area contributed by atoms with Crippen molar-refractivity contribution >= 4 is 28.9 Å². The van der Waals surface area contributed by atoms with Crippen LogP contribution in [0, 0.1) is 0 Å². The van der Waals surface area contributed by atoms with Crippen LogP contribution in [0.1, 0.15) is 23.8 Å². The maximum Gasteiger partial charge on any atom is 0.347 e. The molecule has 0 atom stereocenters. The number of nitrogens with one attached hydrogen (secondary N) is 1. The zero-order valence-corrected chi connectivity index (χ0v) is 16.3. The first-order valence-electron chi connectivity index (χ1n) is 9.73. The molecule has 0 saturated carbocycles. The van der Waals surface area contributed by atoms with Crippen molar-refractivity contribution in [3.63, 3.8) is 0 Å². The molecule has 0 spiro atoms. The summed E-state index contributed by atoms with van der Waals surface area (Å²) in [5.74, 6) is -0.0976. The van der Waals surface area contributed by atoms with Gasteiger partial charge in [-0.1, -0.05) is 0 Å². The molecule has 0 unspecified atom stereocenters. The number of ketones is 1. The van der Waals surface area contributed by atoms with Gasteiger partial charge in [0.05, 0.1) is 19.4 Å². The van der Waals surface area contributed by atoms with E-state index >= 15 is 0 Å². The second-order valence-electron chi connectivity index (χ2n) is 7.02. The normalized spacial score (nSPS) is 17.6. The van der Waals surface area contributed by atoms with Crippen molar-refractivity contribution in [2.75, 3.05) is 13.2 Å². The zero-order chi connectivity index (χ0) is 20.7. The van der Waals surface area contributed by atoms with E-state index < -0.39 is 11.8 Å². The van der Waals surface area contributed by atoms with E-state index in [0.29, 0.717) is 18.7 Å². The zero-order valence-electron chi connectivity index (χ0n) is 16.3. The van der Waals surface area contributed by atoms with Crippen LogP contribution >= 0.6 is 0 Å². The van der Waals surface area contributed by atoms with Gasteiger partial charge in [-0.25, -0.2) is 9.78 Å². The number of esters is 1. The maximum absolute atomic E-state index is 13.1. The lowest BCUT2D eigenvalue weighted by Gasteiger charge is -2.28. The number of carbonyl (C=O) groups is 2. The van der Waals surface area contributed by atoms with Crippen LogP contribution in [0.4, 0.5) is 0 Å². The van der Waals surface area contributed by atoms with E-state index in [1.54, 1.807) is 31.7 Å². The van der Waals surface area contributed by atoms with Crippen molar-refractivity contribution in [2.24, 2.45) is 0 Å². The standard InChI is InChI=1S/C22H19N3O5/c1-2-28-22(27)18-19(26)16(10-14-11-24-20-15(14)4-3-7-23-20)30-21(18)25-8-5-13-6-9-29-17(13)12-25/h3-4,6-7,9-11H,2,5,8,12H2,1H3,(H,23,24). The molecular weight excluding hydrogens is 386 g/mol. The Hall–Kier alpha value is -3.81. The summed E-state index contributed by atoms with van der Waals surface area (Å²) in [6.07, 6.45) is 7.43. The molecule has 3 aromatic rings. The molecule has 5 heterocycles. The summed E-state index contributed by atoms with van der Waals surface area (Å²) in [6, 6.07) is 5.65. The van der Waals surface area contributed by atoms with Crippen LogP contribution in [-0.4, -0.2) is 39.8 Å². The highest BCUT2D eigenvalue weighted by Gasteiger charge is 2.40. The predicted molar refractivity (Wildman–Crippen MR) is 107 cm³/mol. The number of nitrogens with zero attached hydrogens (tertiary/aromatic N) is 2. The minimum Gasteiger partial charge on any atom is -0.467 e. The summed E-state index contributed by atoms with van der Waals surface area (Å²) >= 11 is 0. The Morgan fingerprint density at radius 1 is 1.40 bits per heavy atom. The fourth-order valence-corrected chi connectivity index (χ4v) is 3.77. The van der Waals surface area contributed by atoms with Crippen LogP contribution in [0.15, 0.2) is 58.5 Å². The number of hydrogen-bond acceptors (Lipinski definition) is 7. The predicted octanol–water partition coefficient (Wildman–Crippen LogP) is 2.93.